The fourth-order valence-corrected chi connectivity index (χ4v) is 2.19. The maximum atomic E-state index is 4.80. The number of ether oxygens (including phenoxy) is 1. The average molecular weight is 288 g/mol. The summed E-state index contributed by atoms with van der Waals surface area (Å²) in [5.41, 5.74) is 2.12. The summed E-state index contributed by atoms with van der Waals surface area (Å²) in [4.78, 5) is 8.45. The SMILES string of the molecule is COc1ccccn1.c1ccc2nc3ccccc3cc2c1. The van der Waals surface area contributed by atoms with Gasteiger partial charge in [-0.2, -0.15) is 0 Å². The minimum atomic E-state index is 0.660. The average Bonchev–Trinajstić information content (AvgIpc) is 2.61. The molecule has 0 saturated carbocycles. The summed E-state index contributed by atoms with van der Waals surface area (Å²) in [7, 11) is 1.60. The minimum Gasteiger partial charge on any atom is -0.481 e. The molecule has 2 aromatic carbocycles. The van der Waals surface area contributed by atoms with Crippen LogP contribution >= 0.6 is 0 Å². The number of fused-ring (bicyclic) bond motifs is 2. The Bertz CT molecular complexity index is 771. The molecule has 0 radical (unpaired) electrons. The van der Waals surface area contributed by atoms with Crippen molar-refractivity contribution in [2.24, 2.45) is 0 Å². The molecule has 0 bridgehead atoms. The number of benzene rings is 2. The van der Waals surface area contributed by atoms with Gasteiger partial charge in [-0.1, -0.05) is 42.5 Å². The summed E-state index contributed by atoms with van der Waals surface area (Å²) >= 11 is 0. The first kappa shape index (κ1) is 14.0. The van der Waals surface area contributed by atoms with Crippen molar-refractivity contribution < 1.29 is 4.74 Å². The Hall–Kier alpha value is -2.94. The van der Waals surface area contributed by atoms with Gasteiger partial charge in [0, 0.05) is 23.0 Å². The van der Waals surface area contributed by atoms with Crippen LogP contribution in [0.25, 0.3) is 21.8 Å². The van der Waals surface area contributed by atoms with E-state index in [2.05, 4.69) is 28.2 Å². The molecule has 0 aliphatic heterocycles. The molecule has 4 rings (SSSR count). The summed E-state index contributed by atoms with van der Waals surface area (Å²) in [5.74, 6) is 0.660. The van der Waals surface area contributed by atoms with Crippen LogP contribution in [-0.2, 0) is 0 Å². The van der Waals surface area contributed by atoms with Gasteiger partial charge in [-0.15, -0.1) is 0 Å². The van der Waals surface area contributed by atoms with Crippen LogP contribution in [0.1, 0.15) is 0 Å². The highest BCUT2D eigenvalue weighted by molar-refractivity contribution is 5.92. The third-order valence-electron chi connectivity index (χ3n) is 3.27. The third kappa shape index (κ3) is 3.20. The molecule has 2 heterocycles. The first-order chi connectivity index (χ1) is 10.9. The van der Waals surface area contributed by atoms with Crippen molar-refractivity contribution in [1.29, 1.82) is 0 Å². The Labute approximate surface area is 129 Å². The van der Waals surface area contributed by atoms with E-state index in [1.807, 2.05) is 48.5 Å². The van der Waals surface area contributed by atoms with Gasteiger partial charge in [0.05, 0.1) is 18.1 Å². The molecule has 0 fully saturated rings. The van der Waals surface area contributed by atoms with E-state index >= 15 is 0 Å². The molecule has 3 heteroatoms. The topological polar surface area (TPSA) is 35.0 Å². The van der Waals surface area contributed by atoms with Gasteiger partial charge in [0.1, 0.15) is 0 Å². The van der Waals surface area contributed by atoms with Gasteiger partial charge >= 0.3 is 0 Å². The van der Waals surface area contributed by atoms with Gasteiger partial charge in [-0.25, -0.2) is 9.97 Å². The van der Waals surface area contributed by atoms with Crippen molar-refractivity contribution in [2.45, 2.75) is 0 Å². The molecule has 0 aliphatic rings. The van der Waals surface area contributed by atoms with Crippen LogP contribution in [0, 0.1) is 0 Å². The predicted octanol–water partition coefficient (Wildman–Crippen LogP) is 4.48. The number of hydrogen-bond donors (Lipinski definition) is 0. The second-order valence-corrected chi connectivity index (χ2v) is 4.75. The molecule has 0 amide bonds. The second-order valence-electron chi connectivity index (χ2n) is 4.75. The van der Waals surface area contributed by atoms with Crippen LogP contribution < -0.4 is 4.74 Å². The Morgan fingerprint density at radius 1 is 0.727 bits per heavy atom. The van der Waals surface area contributed by atoms with Gasteiger partial charge in [-0.3, -0.25) is 0 Å². The van der Waals surface area contributed by atoms with E-state index < -0.39 is 0 Å². The lowest BCUT2D eigenvalue weighted by molar-refractivity contribution is 0.398. The molecule has 0 atom stereocenters. The van der Waals surface area contributed by atoms with Crippen LogP contribution in [0.3, 0.4) is 0 Å². The van der Waals surface area contributed by atoms with E-state index in [0.29, 0.717) is 5.88 Å². The molecular weight excluding hydrogens is 272 g/mol. The molecule has 22 heavy (non-hydrogen) atoms. The Morgan fingerprint density at radius 2 is 1.32 bits per heavy atom. The first-order valence-electron chi connectivity index (χ1n) is 7.06. The van der Waals surface area contributed by atoms with Crippen molar-refractivity contribution in [1.82, 2.24) is 9.97 Å². The molecule has 2 aromatic heterocycles. The van der Waals surface area contributed by atoms with Crippen LogP contribution in [0.15, 0.2) is 79.0 Å². The number of pyridine rings is 2. The van der Waals surface area contributed by atoms with E-state index in [1.165, 1.54) is 10.8 Å². The minimum absolute atomic E-state index is 0.660. The van der Waals surface area contributed by atoms with Crippen molar-refractivity contribution in [3.05, 3.63) is 79.0 Å². The molecule has 0 saturated heterocycles. The maximum absolute atomic E-state index is 4.80. The van der Waals surface area contributed by atoms with Gasteiger partial charge in [0.2, 0.25) is 5.88 Å². The van der Waals surface area contributed by atoms with Crippen LogP contribution in [0.4, 0.5) is 0 Å². The summed E-state index contributed by atoms with van der Waals surface area (Å²) in [6.45, 7) is 0. The van der Waals surface area contributed by atoms with Crippen molar-refractivity contribution in [3.63, 3.8) is 0 Å². The summed E-state index contributed by atoms with van der Waals surface area (Å²) in [6.07, 6.45) is 1.69. The highest BCUT2D eigenvalue weighted by Gasteiger charge is 1.96. The molecule has 108 valence electrons. The zero-order valence-corrected chi connectivity index (χ0v) is 12.3. The molecule has 0 N–H and O–H groups in total. The van der Waals surface area contributed by atoms with Gasteiger partial charge < -0.3 is 4.74 Å². The molecule has 0 spiro atoms. The number of methoxy groups -OCH3 is 1. The fraction of sp³-hybridized carbons (Fsp3) is 0.0526. The van der Waals surface area contributed by atoms with Gasteiger partial charge in [0.25, 0.3) is 0 Å². The highest BCUT2D eigenvalue weighted by atomic mass is 16.5. The van der Waals surface area contributed by atoms with E-state index in [1.54, 1.807) is 19.4 Å². The summed E-state index contributed by atoms with van der Waals surface area (Å²) in [6, 6.07) is 24.1. The van der Waals surface area contributed by atoms with Crippen molar-refractivity contribution in [3.8, 4) is 5.88 Å². The normalized spacial score (nSPS) is 10.0. The lowest BCUT2D eigenvalue weighted by atomic mass is 10.1. The lowest BCUT2D eigenvalue weighted by Crippen LogP contribution is -1.83. The Morgan fingerprint density at radius 3 is 1.82 bits per heavy atom. The Kier molecular flexibility index (Phi) is 4.25. The van der Waals surface area contributed by atoms with Gasteiger partial charge in [0.15, 0.2) is 0 Å². The third-order valence-corrected chi connectivity index (χ3v) is 3.27. The zero-order valence-electron chi connectivity index (χ0n) is 12.3. The Balaban J connectivity index is 0.000000154. The smallest absolute Gasteiger partial charge is 0.212 e. The highest BCUT2D eigenvalue weighted by Crippen LogP contribution is 2.18. The van der Waals surface area contributed by atoms with Crippen LogP contribution in [-0.4, -0.2) is 17.1 Å². The summed E-state index contributed by atoms with van der Waals surface area (Å²) < 4.78 is 4.80. The van der Waals surface area contributed by atoms with E-state index in [-0.39, 0.29) is 0 Å². The number of aromatic nitrogens is 2. The van der Waals surface area contributed by atoms with E-state index in [9.17, 15) is 0 Å². The largest absolute Gasteiger partial charge is 0.481 e. The molecule has 0 aliphatic carbocycles. The van der Waals surface area contributed by atoms with Gasteiger partial charge in [-0.05, 0) is 24.3 Å². The van der Waals surface area contributed by atoms with E-state index in [0.717, 1.165) is 11.0 Å². The monoisotopic (exact) mass is 288 g/mol. The zero-order chi connectivity index (χ0) is 15.2. The first-order valence-corrected chi connectivity index (χ1v) is 7.06. The number of rotatable bonds is 1. The quantitative estimate of drug-likeness (QED) is 0.484. The van der Waals surface area contributed by atoms with Crippen molar-refractivity contribution >= 4 is 21.8 Å². The molecular formula is C19H16N2O. The molecule has 3 nitrogen and oxygen atoms in total. The standard InChI is InChI=1S/C13H9N.C6H7NO/c1-3-7-12-10(5-1)9-11-6-2-4-8-13(11)14-12;1-8-6-4-2-3-5-7-6/h1-9H;2-5H,1H3. The number of hydrogen-bond acceptors (Lipinski definition) is 3. The number of nitrogens with zero attached hydrogens (tertiary/aromatic N) is 2. The van der Waals surface area contributed by atoms with E-state index in [4.69, 9.17) is 4.74 Å². The maximum Gasteiger partial charge on any atom is 0.212 e. The number of para-hydroxylation sites is 2. The second kappa shape index (κ2) is 6.68. The van der Waals surface area contributed by atoms with Crippen molar-refractivity contribution in [2.75, 3.05) is 7.11 Å². The predicted molar refractivity (Wildman–Crippen MR) is 90.0 cm³/mol. The van der Waals surface area contributed by atoms with Crippen LogP contribution in [0.2, 0.25) is 0 Å². The molecule has 4 aromatic rings. The lowest BCUT2D eigenvalue weighted by Gasteiger charge is -1.99. The fourth-order valence-electron chi connectivity index (χ4n) is 2.19. The summed E-state index contributed by atoms with van der Waals surface area (Å²) in [5, 5.41) is 2.40. The van der Waals surface area contributed by atoms with Crippen LogP contribution in [0.5, 0.6) is 5.88 Å². The molecule has 0 unspecified atom stereocenters.